The fourth-order valence-corrected chi connectivity index (χ4v) is 2.18. The number of anilines is 1. The van der Waals surface area contributed by atoms with Crippen molar-refractivity contribution in [1.82, 2.24) is 0 Å². The second-order valence-electron chi connectivity index (χ2n) is 5.36. The molecule has 0 aromatic heterocycles. The second-order valence-corrected chi connectivity index (χ2v) is 5.36. The van der Waals surface area contributed by atoms with E-state index in [-0.39, 0.29) is 5.56 Å². The molecule has 6 heteroatoms. The number of carbonyl (C=O) groups excluding carboxylic acids is 1. The van der Waals surface area contributed by atoms with Gasteiger partial charge in [-0.1, -0.05) is 13.3 Å². The maximum atomic E-state index is 14.1. The van der Waals surface area contributed by atoms with Gasteiger partial charge in [0, 0.05) is 12.1 Å². The topological polar surface area (TPSA) is 56.8 Å². The SMILES string of the molecule is CCCCOc1ccc(OC)cc1NC(=O)c1ccc(OC)cc1F. The smallest absolute Gasteiger partial charge is 0.258 e. The molecule has 2 rings (SSSR count). The zero-order valence-corrected chi connectivity index (χ0v) is 14.6. The van der Waals surface area contributed by atoms with Crippen molar-refractivity contribution in [2.24, 2.45) is 0 Å². The molecule has 0 aliphatic rings. The summed E-state index contributed by atoms with van der Waals surface area (Å²) in [5.74, 6) is 0.186. The maximum Gasteiger partial charge on any atom is 0.258 e. The van der Waals surface area contributed by atoms with Gasteiger partial charge in [0.1, 0.15) is 23.1 Å². The first kappa shape index (κ1) is 18.6. The van der Waals surface area contributed by atoms with E-state index in [9.17, 15) is 9.18 Å². The number of hydrogen-bond donors (Lipinski definition) is 1. The highest BCUT2D eigenvalue weighted by Gasteiger charge is 2.15. The van der Waals surface area contributed by atoms with Crippen LogP contribution in [0.4, 0.5) is 10.1 Å². The van der Waals surface area contributed by atoms with E-state index in [0.717, 1.165) is 12.8 Å². The van der Waals surface area contributed by atoms with E-state index in [4.69, 9.17) is 14.2 Å². The van der Waals surface area contributed by atoms with Gasteiger partial charge in [0.05, 0.1) is 32.1 Å². The molecule has 0 saturated carbocycles. The fraction of sp³-hybridized carbons (Fsp3) is 0.316. The van der Waals surface area contributed by atoms with Crippen LogP contribution in [0.2, 0.25) is 0 Å². The number of nitrogens with one attached hydrogen (secondary N) is 1. The number of rotatable bonds is 8. The Morgan fingerprint density at radius 1 is 1.08 bits per heavy atom. The molecule has 5 nitrogen and oxygen atoms in total. The standard InChI is InChI=1S/C19H22FNO4/c1-4-5-10-25-18-9-7-14(24-3)12-17(18)21-19(22)15-8-6-13(23-2)11-16(15)20/h6-9,11-12H,4-5,10H2,1-3H3,(H,21,22). The van der Waals surface area contributed by atoms with E-state index >= 15 is 0 Å². The van der Waals surface area contributed by atoms with Crippen LogP contribution in [0.5, 0.6) is 17.2 Å². The summed E-state index contributed by atoms with van der Waals surface area (Å²) in [5, 5.41) is 2.68. The minimum absolute atomic E-state index is 0.0804. The van der Waals surface area contributed by atoms with E-state index < -0.39 is 11.7 Å². The van der Waals surface area contributed by atoms with Gasteiger partial charge in [-0.15, -0.1) is 0 Å². The number of amides is 1. The zero-order chi connectivity index (χ0) is 18.2. The van der Waals surface area contributed by atoms with E-state index in [1.54, 1.807) is 18.2 Å². The molecule has 1 amide bonds. The first-order valence-corrected chi connectivity index (χ1v) is 8.04. The lowest BCUT2D eigenvalue weighted by Crippen LogP contribution is -2.15. The molecule has 0 saturated heterocycles. The third-order valence-corrected chi connectivity index (χ3v) is 3.61. The predicted molar refractivity (Wildman–Crippen MR) is 94.3 cm³/mol. The van der Waals surface area contributed by atoms with Crippen LogP contribution in [0.25, 0.3) is 0 Å². The summed E-state index contributed by atoms with van der Waals surface area (Å²) in [6.45, 7) is 2.59. The number of carbonyl (C=O) groups is 1. The monoisotopic (exact) mass is 347 g/mol. The van der Waals surface area contributed by atoms with Crippen LogP contribution in [0.15, 0.2) is 36.4 Å². The summed E-state index contributed by atoms with van der Waals surface area (Å²) in [5.41, 5.74) is 0.346. The van der Waals surface area contributed by atoms with E-state index in [1.807, 2.05) is 0 Å². The Balaban J connectivity index is 2.23. The fourth-order valence-electron chi connectivity index (χ4n) is 2.18. The zero-order valence-electron chi connectivity index (χ0n) is 14.6. The molecule has 0 bridgehead atoms. The third kappa shape index (κ3) is 4.86. The van der Waals surface area contributed by atoms with Crippen molar-refractivity contribution in [2.75, 3.05) is 26.1 Å². The van der Waals surface area contributed by atoms with Crippen LogP contribution in [-0.2, 0) is 0 Å². The summed E-state index contributed by atoms with van der Waals surface area (Å²) in [7, 11) is 2.96. The van der Waals surface area contributed by atoms with Gasteiger partial charge in [-0.05, 0) is 30.7 Å². The second kappa shape index (κ2) is 8.92. The summed E-state index contributed by atoms with van der Waals surface area (Å²) >= 11 is 0. The van der Waals surface area contributed by atoms with Crippen LogP contribution >= 0.6 is 0 Å². The van der Waals surface area contributed by atoms with Gasteiger partial charge < -0.3 is 19.5 Å². The maximum absolute atomic E-state index is 14.1. The quantitative estimate of drug-likeness (QED) is 0.725. The number of ether oxygens (including phenoxy) is 3. The van der Waals surface area contributed by atoms with Crippen LogP contribution < -0.4 is 19.5 Å². The molecule has 0 atom stereocenters. The van der Waals surface area contributed by atoms with Gasteiger partial charge in [0.15, 0.2) is 0 Å². The minimum Gasteiger partial charge on any atom is -0.497 e. The highest BCUT2D eigenvalue weighted by atomic mass is 19.1. The largest absolute Gasteiger partial charge is 0.497 e. The van der Waals surface area contributed by atoms with E-state index in [1.165, 1.54) is 32.4 Å². The Labute approximate surface area is 146 Å². The van der Waals surface area contributed by atoms with Gasteiger partial charge in [-0.2, -0.15) is 0 Å². The molecule has 25 heavy (non-hydrogen) atoms. The van der Waals surface area contributed by atoms with Crippen molar-refractivity contribution >= 4 is 11.6 Å². The van der Waals surface area contributed by atoms with Crippen molar-refractivity contribution in [1.29, 1.82) is 0 Å². The summed E-state index contributed by atoms with van der Waals surface area (Å²) in [6, 6.07) is 9.17. The van der Waals surface area contributed by atoms with Crippen molar-refractivity contribution < 1.29 is 23.4 Å². The number of halogens is 1. The molecule has 1 N–H and O–H groups in total. The molecular weight excluding hydrogens is 325 g/mol. The average molecular weight is 347 g/mol. The lowest BCUT2D eigenvalue weighted by molar-refractivity contribution is 0.102. The molecule has 0 fully saturated rings. The highest BCUT2D eigenvalue weighted by Crippen LogP contribution is 2.30. The first-order valence-electron chi connectivity index (χ1n) is 8.04. The Morgan fingerprint density at radius 3 is 2.40 bits per heavy atom. The van der Waals surface area contributed by atoms with Crippen molar-refractivity contribution in [3.63, 3.8) is 0 Å². The normalized spacial score (nSPS) is 10.2. The molecule has 0 unspecified atom stereocenters. The number of methoxy groups -OCH3 is 2. The molecule has 0 aliphatic carbocycles. The number of unbranched alkanes of at least 4 members (excludes halogenated alkanes) is 1. The summed E-state index contributed by atoms with van der Waals surface area (Å²) < 4.78 is 29.9. The Kier molecular flexibility index (Phi) is 6.62. The average Bonchev–Trinajstić information content (AvgIpc) is 2.62. The van der Waals surface area contributed by atoms with Crippen molar-refractivity contribution in [3.8, 4) is 17.2 Å². The van der Waals surface area contributed by atoms with Gasteiger partial charge in [-0.3, -0.25) is 4.79 Å². The van der Waals surface area contributed by atoms with Gasteiger partial charge in [-0.25, -0.2) is 4.39 Å². The summed E-state index contributed by atoms with van der Waals surface area (Å²) in [6.07, 6.45) is 1.89. The lowest BCUT2D eigenvalue weighted by atomic mass is 10.1. The number of hydrogen-bond acceptors (Lipinski definition) is 4. The Morgan fingerprint density at radius 2 is 1.76 bits per heavy atom. The van der Waals surface area contributed by atoms with Crippen molar-refractivity contribution in [3.05, 3.63) is 47.8 Å². The predicted octanol–water partition coefficient (Wildman–Crippen LogP) is 4.27. The molecule has 0 aliphatic heterocycles. The van der Waals surface area contributed by atoms with Gasteiger partial charge in [0.2, 0.25) is 0 Å². The van der Waals surface area contributed by atoms with Crippen LogP contribution in [0.3, 0.4) is 0 Å². The lowest BCUT2D eigenvalue weighted by Gasteiger charge is -2.14. The van der Waals surface area contributed by atoms with Gasteiger partial charge in [0.25, 0.3) is 5.91 Å². The van der Waals surface area contributed by atoms with E-state index in [0.29, 0.717) is 29.5 Å². The van der Waals surface area contributed by atoms with Crippen LogP contribution in [-0.4, -0.2) is 26.7 Å². The first-order chi connectivity index (χ1) is 12.1. The molecule has 2 aromatic rings. The molecule has 134 valence electrons. The number of benzene rings is 2. The highest BCUT2D eigenvalue weighted by molar-refractivity contribution is 6.05. The Hall–Kier alpha value is -2.76. The molecular formula is C19H22FNO4. The molecule has 0 spiro atoms. The minimum atomic E-state index is -0.659. The Bertz CT molecular complexity index is 733. The van der Waals surface area contributed by atoms with Gasteiger partial charge >= 0.3 is 0 Å². The molecule has 0 radical (unpaired) electrons. The summed E-state index contributed by atoms with van der Waals surface area (Å²) in [4.78, 5) is 12.4. The van der Waals surface area contributed by atoms with Crippen molar-refractivity contribution in [2.45, 2.75) is 19.8 Å². The third-order valence-electron chi connectivity index (χ3n) is 3.61. The van der Waals surface area contributed by atoms with Crippen LogP contribution in [0.1, 0.15) is 30.1 Å². The van der Waals surface area contributed by atoms with E-state index in [2.05, 4.69) is 12.2 Å². The van der Waals surface area contributed by atoms with Crippen LogP contribution in [0, 0.1) is 5.82 Å². The molecule has 2 aromatic carbocycles. The molecule has 0 heterocycles.